The van der Waals surface area contributed by atoms with Crippen molar-refractivity contribution in [1.29, 1.82) is 0 Å². The van der Waals surface area contributed by atoms with Crippen LogP contribution < -0.4 is 0 Å². The highest BCUT2D eigenvalue weighted by Gasteiger charge is 2.53. The van der Waals surface area contributed by atoms with Gasteiger partial charge in [-0.1, -0.05) is 88.4 Å². The predicted molar refractivity (Wildman–Crippen MR) is 167 cm³/mol. The van der Waals surface area contributed by atoms with E-state index in [1.165, 1.54) is 64.4 Å². The number of carbonyl (C=O) groups is 4. The van der Waals surface area contributed by atoms with Crippen molar-refractivity contribution in [2.75, 3.05) is 13.2 Å². The normalized spacial score (nSPS) is 22.3. The summed E-state index contributed by atoms with van der Waals surface area (Å²) in [5.41, 5.74) is 9.11. The molecule has 0 aromatic heterocycles. The topological polar surface area (TPSA) is 193 Å². The number of unbranched alkanes of at least 4 members (excludes halogenated alkanes) is 11. The molecular formula is C32H53N3O11. The largest absolute Gasteiger partial charge is 0.463 e. The Morgan fingerprint density at radius 1 is 0.804 bits per heavy atom. The zero-order chi connectivity index (χ0) is 34.3. The summed E-state index contributed by atoms with van der Waals surface area (Å²) < 4.78 is 32.8. The molecule has 0 aromatic carbocycles. The fourth-order valence-corrected chi connectivity index (χ4v) is 5.07. The highest BCUT2D eigenvalue weighted by atomic mass is 16.7. The summed E-state index contributed by atoms with van der Waals surface area (Å²) in [6, 6.07) is -1.09. The number of allylic oxidation sites excluding steroid dienone is 1. The van der Waals surface area contributed by atoms with Crippen molar-refractivity contribution in [2.24, 2.45) is 5.11 Å². The summed E-state index contributed by atoms with van der Waals surface area (Å²) in [7, 11) is 0. The van der Waals surface area contributed by atoms with Gasteiger partial charge in [0.25, 0.3) is 0 Å². The number of hydrogen-bond acceptors (Lipinski definition) is 12. The Morgan fingerprint density at radius 2 is 1.33 bits per heavy atom. The van der Waals surface area contributed by atoms with Gasteiger partial charge in [-0.2, -0.15) is 0 Å². The number of ether oxygens (including phenoxy) is 6. The molecule has 1 saturated heterocycles. The van der Waals surface area contributed by atoms with Gasteiger partial charge in [-0.25, -0.2) is 0 Å². The van der Waals surface area contributed by atoms with Crippen molar-refractivity contribution in [3.8, 4) is 0 Å². The van der Waals surface area contributed by atoms with E-state index in [1.54, 1.807) is 0 Å². The smallest absolute Gasteiger partial charge is 0.303 e. The van der Waals surface area contributed by atoms with E-state index in [0.717, 1.165) is 46.5 Å². The average molecular weight is 656 g/mol. The highest BCUT2D eigenvalue weighted by Crippen LogP contribution is 2.30. The molecule has 14 heteroatoms. The number of nitrogens with zero attached hydrogens (tertiary/aromatic N) is 3. The number of azide groups is 1. The molecular weight excluding hydrogens is 602 g/mol. The van der Waals surface area contributed by atoms with Gasteiger partial charge in [-0.05, 0) is 18.4 Å². The molecule has 3 unspecified atom stereocenters. The second-order valence-electron chi connectivity index (χ2n) is 11.4. The summed E-state index contributed by atoms with van der Waals surface area (Å²) in [5, 5.41) is 14.4. The number of esters is 4. The van der Waals surface area contributed by atoms with Crippen LogP contribution in [0.1, 0.15) is 112 Å². The van der Waals surface area contributed by atoms with Crippen molar-refractivity contribution in [1.82, 2.24) is 0 Å². The molecule has 0 saturated carbocycles. The highest BCUT2D eigenvalue weighted by molar-refractivity contribution is 5.68. The number of rotatable bonds is 23. The quantitative estimate of drug-likeness (QED) is 0.0282. The Bertz CT molecular complexity index is 1000. The Hall–Kier alpha value is -3.19. The molecule has 0 amide bonds. The Balaban J connectivity index is 2.83. The third-order valence-corrected chi connectivity index (χ3v) is 7.28. The van der Waals surface area contributed by atoms with Crippen LogP contribution in [0.5, 0.6) is 0 Å². The maximum atomic E-state index is 12.0. The Morgan fingerprint density at radius 3 is 1.85 bits per heavy atom. The van der Waals surface area contributed by atoms with E-state index in [4.69, 9.17) is 34.0 Å². The van der Waals surface area contributed by atoms with Crippen molar-refractivity contribution >= 4 is 23.9 Å². The van der Waals surface area contributed by atoms with Gasteiger partial charge in [-0.3, -0.25) is 19.2 Å². The third-order valence-electron chi connectivity index (χ3n) is 7.28. The molecule has 1 rings (SSSR count). The Kier molecular flexibility index (Phi) is 21.3. The number of aliphatic hydroxyl groups is 1. The molecule has 14 nitrogen and oxygen atoms in total. The van der Waals surface area contributed by atoms with Gasteiger partial charge in [0.2, 0.25) is 0 Å². The van der Waals surface area contributed by atoms with E-state index in [-0.39, 0.29) is 6.61 Å². The first-order valence-electron chi connectivity index (χ1n) is 16.3. The van der Waals surface area contributed by atoms with Crippen molar-refractivity contribution in [3.05, 3.63) is 22.6 Å². The maximum Gasteiger partial charge on any atom is 0.303 e. The summed E-state index contributed by atoms with van der Waals surface area (Å²) in [6.07, 6.45) is 9.62. The first-order valence-corrected chi connectivity index (χ1v) is 16.3. The molecule has 0 bridgehead atoms. The van der Waals surface area contributed by atoms with Crippen LogP contribution in [0.25, 0.3) is 10.4 Å². The second-order valence-corrected chi connectivity index (χ2v) is 11.4. The molecule has 1 aliphatic heterocycles. The number of hydrogen-bond donors (Lipinski definition) is 1. The van der Waals surface area contributed by atoms with Crippen LogP contribution in [0.3, 0.4) is 0 Å². The number of carbonyl (C=O) groups excluding carboxylic acids is 4. The molecule has 7 atom stereocenters. The molecule has 0 aliphatic carbocycles. The fraction of sp³-hybridized carbons (Fsp3) is 0.812. The van der Waals surface area contributed by atoms with E-state index in [1.807, 2.05) is 6.08 Å². The van der Waals surface area contributed by atoms with E-state index < -0.39 is 73.3 Å². The monoisotopic (exact) mass is 655 g/mol. The van der Waals surface area contributed by atoms with Gasteiger partial charge in [-0.15, -0.1) is 0 Å². The zero-order valence-corrected chi connectivity index (χ0v) is 28.0. The Labute approximate surface area is 272 Å². The first-order chi connectivity index (χ1) is 22.0. The zero-order valence-electron chi connectivity index (χ0n) is 28.0. The van der Waals surface area contributed by atoms with E-state index in [2.05, 4.69) is 16.9 Å². The van der Waals surface area contributed by atoms with Crippen molar-refractivity contribution in [2.45, 2.75) is 155 Å². The molecule has 0 radical (unpaired) electrons. The molecule has 0 aromatic rings. The van der Waals surface area contributed by atoms with Crippen LogP contribution in [0.4, 0.5) is 0 Å². The molecule has 46 heavy (non-hydrogen) atoms. The van der Waals surface area contributed by atoms with E-state index >= 15 is 0 Å². The molecule has 1 fully saturated rings. The van der Waals surface area contributed by atoms with Crippen LogP contribution in [-0.2, 0) is 47.6 Å². The second kappa shape index (κ2) is 24.0. The van der Waals surface area contributed by atoms with Gasteiger partial charge < -0.3 is 33.5 Å². The standard InChI is InChI=1S/C32H53N3O11/c1-6-7-8-9-10-11-12-13-14-15-16-17-18-19-27(40)26(34-35-33)20-42-32-31(45-25(5)39)30(44-24(4)38)29(43-23(3)37)28(46-32)21-41-22(2)36/h18-19,26-32,40H,6-17,20-21H2,1-5H3/b19-18+/t26-,27+,28?,29-,30?,31?,32+/m0/s1. The summed E-state index contributed by atoms with van der Waals surface area (Å²) in [6.45, 7) is 5.93. The van der Waals surface area contributed by atoms with Gasteiger partial charge in [0.05, 0.1) is 18.8 Å². The first kappa shape index (κ1) is 40.8. The third kappa shape index (κ3) is 17.5. The summed E-state index contributed by atoms with van der Waals surface area (Å²) in [5.74, 6) is -2.97. The minimum absolute atomic E-state index is 0.387. The minimum atomic E-state index is -1.45. The molecule has 0 spiro atoms. The molecule has 262 valence electrons. The maximum absolute atomic E-state index is 12.0. The molecule has 1 heterocycles. The fourth-order valence-electron chi connectivity index (χ4n) is 5.07. The van der Waals surface area contributed by atoms with Gasteiger partial charge in [0.1, 0.15) is 12.7 Å². The van der Waals surface area contributed by atoms with Gasteiger partial charge in [0, 0.05) is 32.6 Å². The van der Waals surface area contributed by atoms with Crippen LogP contribution in [0, 0.1) is 0 Å². The van der Waals surface area contributed by atoms with Gasteiger partial charge in [0.15, 0.2) is 24.6 Å². The number of aliphatic hydroxyl groups excluding tert-OH is 1. The van der Waals surface area contributed by atoms with E-state index in [0.29, 0.717) is 0 Å². The summed E-state index contributed by atoms with van der Waals surface area (Å²) in [4.78, 5) is 50.2. The van der Waals surface area contributed by atoms with Crippen molar-refractivity contribution in [3.63, 3.8) is 0 Å². The lowest BCUT2D eigenvalue weighted by Crippen LogP contribution is -2.63. The molecule has 1 N–H and O–H groups in total. The molecule has 1 aliphatic rings. The lowest BCUT2D eigenvalue weighted by atomic mass is 9.98. The van der Waals surface area contributed by atoms with Crippen molar-refractivity contribution < 1.29 is 52.7 Å². The van der Waals surface area contributed by atoms with E-state index in [9.17, 15) is 24.3 Å². The SMILES string of the molecule is CCCCCCCCCCCCC/C=C/[C@@H](O)[C@H](CO[C@@H]1OC(COC(C)=O)[C@H](OC(C)=O)C(OC(C)=O)C1OC(C)=O)N=[N+]=[N-]. The van der Waals surface area contributed by atoms with Gasteiger partial charge >= 0.3 is 23.9 Å². The predicted octanol–water partition coefficient (Wildman–Crippen LogP) is 5.38. The minimum Gasteiger partial charge on any atom is -0.463 e. The van der Waals surface area contributed by atoms with Crippen LogP contribution >= 0.6 is 0 Å². The lowest BCUT2D eigenvalue weighted by Gasteiger charge is -2.44. The summed E-state index contributed by atoms with van der Waals surface area (Å²) >= 11 is 0. The van der Waals surface area contributed by atoms with Crippen LogP contribution in [0.2, 0.25) is 0 Å². The lowest BCUT2D eigenvalue weighted by molar-refractivity contribution is -0.309. The van der Waals surface area contributed by atoms with Crippen LogP contribution in [0.15, 0.2) is 17.3 Å². The average Bonchev–Trinajstić information content (AvgIpc) is 2.98. The van der Waals surface area contributed by atoms with Crippen LogP contribution in [-0.4, -0.2) is 85.0 Å².